The van der Waals surface area contributed by atoms with Crippen molar-refractivity contribution in [1.82, 2.24) is 25.2 Å². The summed E-state index contributed by atoms with van der Waals surface area (Å²) in [4.78, 5) is 23.6. The van der Waals surface area contributed by atoms with Crippen LogP contribution < -0.4 is 5.32 Å². The van der Waals surface area contributed by atoms with Crippen LogP contribution in [-0.4, -0.2) is 85.6 Å². The molecule has 0 unspecified atom stereocenters. The fourth-order valence-electron chi connectivity index (χ4n) is 4.24. The molecule has 28 heavy (non-hydrogen) atoms. The van der Waals surface area contributed by atoms with E-state index in [1.165, 1.54) is 0 Å². The minimum Gasteiger partial charge on any atom is -0.364 e. The average molecular weight is 504 g/mol. The van der Waals surface area contributed by atoms with E-state index >= 15 is 0 Å². The van der Waals surface area contributed by atoms with E-state index in [9.17, 15) is 4.79 Å². The molecule has 0 radical (unpaired) electrons. The maximum absolute atomic E-state index is 12.8. The summed E-state index contributed by atoms with van der Waals surface area (Å²) in [5.41, 5.74) is 0.685. The average Bonchev–Trinajstić information content (AvgIpc) is 3.35. The summed E-state index contributed by atoms with van der Waals surface area (Å²) in [5.74, 6) is 1.13. The van der Waals surface area contributed by atoms with Crippen LogP contribution in [0, 0.1) is 5.41 Å². The van der Waals surface area contributed by atoms with Crippen LogP contribution in [0.3, 0.4) is 0 Å². The molecule has 2 heterocycles. The van der Waals surface area contributed by atoms with Gasteiger partial charge in [-0.1, -0.05) is 18.0 Å². The maximum Gasteiger partial charge on any atom is 0.230 e. The summed E-state index contributed by atoms with van der Waals surface area (Å²) >= 11 is 0. The lowest BCUT2D eigenvalue weighted by molar-refractivity contribution is -0.138. The van der Waals surface area contributed by atoms with Crippen molar-refractivity contribution in [3.05, 3.63) is 18.0 Å². The number of halogens is 1. The zero-order chi connectivity index (χ0) is 19.3. The normalized spacial score (nSPS) is 20.0. The Hall–Kier alpha value is -1.36. The highest BCUT2D eigenvalue weighted by molar-refractivity contribution is 14.0. The first-order chi connectivity index (χ1) is 13.0. The second kappa shape index (κ2) is 10.4. The van der Waals surface area contributed by atoms with Crippen molar-refractivity contribution in [2.75, 3.05) is 53.9 Å². The first kappa shape index (κ1) is 22.9. The smallest absolute Gasteiger partial charge is 0.230 e. The molecule has 3 rings (SSSR count). The molecule has 1 aliphatic heterocycles. The Labute approximate surface area is 184 Å². The Bertz CT molecular complexity index is 635. The van der Waals surface area contributed by atoms with Crippen molar-refractivity contribution in [1.29, 1.82) is 0 Å². The zero-order valence-corrected chi connectivity index (χ0v) is 19.5. The van der Waals surface area contributed by atoms with Crippen LogP contribution in [0.2, 0.25) is 0 Å². The van der Waals surface area contributed by atoms with Gasteiger partial charge in [-0.05, 0) is 12.8 Å². The third-order valence-corrected chi connectivity index (χ3v) is 5.77. The molecule has 0 aromatic carbocycles. The van der Waals surface area contributed by atoms with Gasteiger partial charge in [0.1, 0.15) is 6.26 Å². The largest absolute Gasteiger partial charge is 0.364 e. The van der Waals surface area contributed by atoms with Gasteiger partial charge in [0, 0.05) is 66.5 Å². The van der Waals surface area contributed by atoms with Crippen molar-refractivity contribution in [2.24, 2.45) is 10.4 Å². The second-order valence-electron chi connectivity index (χ2n) is 7.84. The first-order valence-corrected chi connectivity index (χ1v) is 9.83. The summed E-state index contributed by atoms with van der Waals surface area (Å²) < 4.78 is 4.91. The number of hydrogen-bond donors (Lipinski definition) is 1. The molecule has 2 aliphatic rings. The molecule has 1 aliphatic carbocycles. The van der Waals surface area contributed by atoms with Crippen LogP contribution in [0.25, 0.3) is 0 Å². The molecule has 8 nitrogen and oxygen atoms in total. The molecule has 0 atom stereocenters. The summed E-state index contributed by atoms with van der Waals surface area (Å²) in [5, 5.41) is 7.49. The number of piperazine rings is 1. The lowest BCUT2D eigenvalue weighted by atomic mass is 9.84. The maximum atomic E-state index is 12.8. The molecule has 9 heteroatoms. The minimum absolute atomic E-state index is 0. The van der Waals surface area contributed by atoms with Crippen LogP contribution in [-0.2, 0) is 11.3 Å². The predicted molar refractivity (Wildman–Crippen MR) is 120 cm³/mol. The molecule has 2 fully saturated rings. The van der Waals surface area contributed by atoms with Crippen LogP contribution in [0.15, 0.2) is 21.8 Å². The Balaban J connectivity index is 0.00000280. The number of carbonyl (C=O) groups excluding carboxylic acids is 1. The molecular weight excluding hydrogens is 471 g/mol. The Morgan fingerprint density at radius 3 is 2.50 bits per heavy atom. The number of hydrogen-bond acceptors (Lipinski definition) is 5. The highest BCUT2D eigenvalue weighted by Crippen LogP contribution is 2.38. The van der Waals surface area contributed by atoms with Crippen LogP contribution in [0.5, 0.6) is 0 Å². The highest BCUT2D eigenvalue weighted by Gasteiger charge is 2.42. The zero-order valence-electron chi connectivity index (χ0n) is 17.2. The number of guanidine groups is 1. The van der Waals surface area contributed by atoms with Gasteiger partial charge >= 0.3 is 0 Å². The molecule has 1 amide bonds. The molecule has 1 N–H and O–H groups in total. The molecule has 1 aromatic rings. The SMILES string of the molecule is CN=C(NCC1(C(=O)N(C)C)CCCC1)N1CCN(Cc2ccon2)CC1.I. The number of aliphatic imine (C=N–C) groups is 1. The lowest BCUT2D eigenvalue weighted by Gasteiger charge is -2.38. The van der Waals surface area contributed by atoms with Crippen molar-refractivity contribution in [2.45, 2.75) is 32.2 Å². The van der Waals surface area contributed by atoms with Gasteiger partial charge < -0.3 is 19.6 Å². The Morgan fingerprint density at radius 1 is 1.29 bits per heavy atom. The predicted octanol–water partition coefficient (Wildman–Crippen LogP) is 1.63. The van der Waals surface area contributed by atoms with Gasteiger partial charge in [0.05, 0.1) is 11.1 Å². The van der Waals surface area contributed by atoms with E-state index < -0.39 is 0 Å². The molecule has 1 saturated heterocycles. The second-order valence-corrected chi connectivity index (χ2v) is 7.84. The van der Waals surface area contributed by atoms with Gasteiger partial charge in [0.15, 0.2) is 5.96 Å². The van der Waals surface area contributed by atoms with E-state index in [2.05, 4.69) is 25.3 Å². The quantitative estimate of drug-likeness (QED) is 0.373. The van der Waals surface area contributed by atoms with E-state index in [1.54, 1.807) is 11.2 Å². The van der Waals surface area contributed by atoms with E-state index in [0.717, 1.165) is 70.1 Å². The molecule has 1 aromatic heterocycles. The standard InChI is InChI=1S/C19H32N6O2.HI/c1-20-18(21-15-19(7-4-5-8-19)17(26)23(2)3)25-11-9-24(10-12-25)14-16-6-13-27-22-16;/h6,13H,4-5,7-12,14-15H2,1-3H3,(H,20,21);1H. The monoisotopic (exact) mass is 504 g/mol. The fourth-order valence-corrected chi connectivity index (χ4v) is 4.24. The van der Waals surface area contributed by atoms with Crippen molar-refractivity contribution < 1.29 is 9.32 Å². The van der Waals surface area contributed by atoms with E-state index in [1.807, 2.05) is 27.2 Å². The molecule has 1 saturated carbocycles. The third-order valence-electron chi connectivity index (χ3n) is 5.77. The minimum atomic E-state index is -0.284. The molecule has 0 bridgehead atoms. The summed E-state index contributed by atoms with van der Waals surface area (Å²) in [6.45, 7) is 5.20. The fraction of sp³-hybridized carbons (Fsp3) is 0.737. The Kier molecular flexibility index (Phi) is 8.54. The van der Waals surface area contributed by atoms with E-state index in [-0.39, 0.29) is 35.3 Å². The highest BCUT2D eigenvalue weighted by atomic mass is 127. The van der Waals surface area contributed by atoms with E-state index in [4.69, 9.17) is 4.52 Å². The number of aromatic nitrogens is 1. The Morgan fingerprint density at radius 2 is 1.96 bits per heavy atom. The number of nitrogens with zero attached hydrogens (tertiary/aromatic N) is 5. The summed E-state index contributed by atoms with van der Waals surface area (Å²) in [6.07, 6.45) is 5.78. The van der Waals surface area contributed by atoms with Crippen molar-refractivity contribution >= 4 is 35.8 Å². The molecule has 0 spiro atoms. The first-order valence-electron chi connectivity index (χ1n) is 9.83. The third kappa shape index (κ3) is 5.37. The summed E-state index contributed by atoms with van der Waals surface area (Å²) in [6, 6.07) is 1.91. The number of carbonyl (C=O) groups is 1. The van der Waals surface area contributed by atoms with Crippen molar-refractivity contribution in [3.63, 3.8) is 0 Å². The summed E-state index contributed by atoms with van der Waals surface area (Å²) in [7, 11) is 5.52. The van der Waals surface area contributed by atoms with Crippen molar-refractivity contribution in [3.8, 4) is 0 Å². The van der Waals surface area contributed by atoms with Crippen LogP contribution in [0.1, 0.15) is 31.4 Å². The van der Waals surface area contributed by atoms with Gasteiger partial charge in [-0.25, -0.2) is 0 Å². The lowest BCUT2D eigenvalue weighted by Crippen LogP contribution is -2.54. The molecule has 158 valence electrons. The van der Waals surface area contributed by atoms with Gasteiger partial charge in [0.2, 0.25) is 5.91 Å². The van der Waals surface area contributed by atoms with E-state index in [0.29, 0.717) is 6.54 Å². The molecular formula is C19H33IN6O2. The number of rotatable bonds is 5. The van der Waals surface area contributed by atoms with Gasteiger partial charge in [-0.15, -0.1) is 24.0 Å². The number of amides is 1. The topological polar surface area (TPSA) is 77.2 Å². The van der Waals surface area contributed by atoms with Gasteiger partial charge in [-0.3, -0.25) is 14.7 Å². The van der Waals surface area contributed by atoms with Gasteiger partial charge in [-0.2, -0.15) is 0 Å². The van der Waals surface area contributed by atoms with Crippen LogP contribution in [0.4, 0.5) is 0 Å². The van der Waals surface area contributed by atoms with Gasteiger partial charge in [0.25, 0.3) is 0 Å². The number of nitrogens with one attached hydrogen (secondary N) is 1. The van der Waals surface area contributed by atoms with Crippen LogP contribution >= 0.6 is 24.0 Å².